The molecule has 1 unspecified atom stereocenters. The van der Waals surface area contributed by atoms with Gasteiger partial charge in [-0.15, -0.1) is 0 Å². The van der Waals surface area contributed by atoms with Crippen LogP contribution in [0.15, 0.2) is 0 Å². The second kappa shape index (κ2) is 6.73. The molecule has 0 bridgehead atoms. The average molecular weight is 305 g/mol. The number of nitrogens with one attached hydrogen (secondary N) is 1. The van der Waals surface area contributed by atoms with Crippen molar-refractivity contribution in [1.82, 2.24) is 13.9 Å². The Bertz CT molecular complexity index is 401. The van der Waals surface area contributed by atoms with Crippen LogP contribution in [0.2, 0.25) is 0 Å². The van der Waals surface area contributed by atoms with Crippen LogP contribution in [-0.4, -0.2) is 55.3 Å². The Morgan fingerprint density at radius 3 is 2.45 bits per heavy atom. The summed E-state index contributed by atoms with van der Waals surface area (Å²) in [5.41, 5.74) is 0.0792. The standard InChI is InChI=1S/C14H31N3O2S/c1-12(2)16(6)20(18,19)17-9-7-8-13(11-17)10-15-14(3,4)5/h12-13,15H,7-11H2,1-6H3. The van der Waals surface area contributed by atoms with Gasteiger partial charge in [0.05, 0.1) is 0 Å². The fraction of sp³-hybridized carbons (Fsp3) is 1.00. The molecule has 120 valence electrons. The van der Waals surface area contributed by atoms with Gasteiger partial charge >= 0.3 is 0 Å². The largest absolute Gasteiger partial charge is 0.312 e. The topological polar surface area (TPSA) is 52.7 Å². The lowest BCUT2D eigenvalue weighted by atomic mass is 9.98. The smallest absolute Gasteiger partial charge is 0.281 e. The van der Waals surface area contributed by atoms with Gasteiger partial charge in [-0.2, -0.15) is 17.0 Å². The van der Waals surface area contributed by atoms with Gasteiger partial charge in [-0.25, -0.2) is 0 Å². The van der Waals surface area contributed by atoms with E-state index in [9.17, 15) is 8.42 Å². The van der Waals surface area contributed by atoms with E-state index in [-0.39, 0.29) is 11.6 Å². The molecule has 1 aliphatic rings. The summed E-state index contributed by atoms with van der Waals surface area (Å²) in [6.07, 6.45) is 2.04. The highest BCUT2D eigenvalue weighted by Gasteiger charge is 2.33. The van der Waals surface area contributed by atoms with Crippen molar-refractivity contribution >= 4 is 10.2 Å². The number of hydrogen-bond donors (Lipinski definition) is 1. The lowest BCUT2D eigenvalue weighted by Gasteiger charge is -2.36. The molecule has 0 saturated carbocycles. The Balaban J connectivity index is 2.65. The van der Waals surface area contributed by atoms with Crippen LogP contribution in [0.25, 0.3) is 0 Å². The van der Waals surface area contributed by atoms with Crippen molar-refractivity contribution in [1.29, 1.82) is 0 Å². The van der Waals surface area contributed by atoms with Crippen molar-refractivity contribution in [2.24, 2.45) is 5.92 Å². The first kappa shape index (κ1) is 17.9. The summed E-state index contributed by atoms with van der Waals surface area (Å²) in [5.74, 6) is 0.401. The summed E-state index contributed by atoms with van der Waals surface area (Å²) in [4.78, 5) is 0. The van der Waals surface area contributed by atoms with Crippen molar-refractivity contribution in [2.45, 2.75) is 59.0 Å². The quantitative estimate of drug-likeness (QED) is 0.840. The van der Waals surface area contributed by atoms with Crippen molar-refractivity contribution in [3.05, 3.63) is 0 Å². The van der Waals surface area contributed by atoms with Crippen LogP contribution in [0, 0.1) is 5.92 Å². The molecule has 0 spiro atoms. The van der Waals surface area contributed by atoms with Gasteiger partial charge in [-0.05, 0) is 59.9 Å². The molecule has 20 heavy (non-hydrogen) atoms. The monoisotopic (exact) mass is 305 g/mol. The van der Waals surface area contributed by atoms with Crippen molar-refractivity contribution in [3.8, 4) is 0 Å². The van der Waals surface area contributed by atoms with Crippen molar-refractivity contribution in [2.75, 3.05) is 26.7 Å². The molecule has 0 amide bonds. The number of rotatable bonds is 5. The van der Waals surface area contributed by atoms with E-state index in [0.717, 1.165) is 19.4 Å². The number of nitrogens with zero attached hydrogens (tertiary/aromatic N) is 2. The summed E-state index contributed by atoms with van der Waals surface area (Å²) < 4.78 is 28.1. The molecule has 0 aliphatic carbocycles. The Labute approximate surface area is 124 Å². The Morgan fingerprint density at radius 1 is 1.35 bits per heavy atom. The van der Waals surface area contributed by atoms with Gasteiger partial charge in [0.1, 0.15) is 0 Å². The average Bonchev–Trinajstić information content (AvgIpc) is 2.34. The predicted octanol–water partition coefficient (Wildman–Crippen LogP) is 1.67. The Morgan fingerprint density at radius 2 is 1.95 bits per heavy atom. The zero-order valence-corrected chi connectivity index (χ0v) is 14.6. The summed E-state index contributed by atoms with van der Waals surface area (Å²) in [6.45, 7) is 12.4. The first-order valence-electron chi connectivity index (χ1n) is 7.52. The van der Waals surface area contributed by atoms with Crippen molar-refractivity contribution in [3.63, 3.8) is 0 Å². The highest BCUT2D eigenvalue weighted by Crippen LogP contribution is 2.21. The van der Waals surface area contributed by atoms with Gasteiger partial charge in [-0.3, -0.25) is 0 Å². The SMILES string of the molecule is CC(C)N(C)S(=O)(=O)N1CCCC(CNC(C)(C)C)C1. The molecule has 1 fully saturated rings. The van der Waals surface area contributed by atoms with E-state index in [1.165, 1.54) is 4.31 Å². The lowest BCUT2D eigenvalue weighted by Crippen LogP contribution is -2.50. The van der Waals surface area contributed by atoms with E-state index >= 15 is 0 Å². The normalized spacial score (nSPS) is 22.7. The van der Waals surface area contributed by atoms with E-state index in [2.05, 4.69) is 26.1 Å². The maximum Gasteiger partial charge on any atom is 0.281 e. The van der Waals surface area contributed by atoms with E-state index in [1.54, 1.807) is 11.4 Å². The van der Waals surface area contributed by atoms with Crippen LogP contribution in [0.4, 0.5) is 0 Å². The van der Waals surface area contributed by atoms with Gasteiger partial charge in [0.15, 0.2) is 0 Å². The van der Waals surface area contributed by atoms with Crippen LogP contribution in [0.1, 0.15) is 47.5 Å². The van der Waals surface area contributed by atoms with Gasteiger partial charge in [0.2, 0.25) is 0 Å². The molecule has 1 N–H and O–H groups in total. The van der Waals surface area contributed by atoms with E-state index in [4.69, 9.17) is 0 Å². The molecular weight excluding hydrogens is 274 g/mol. The third-order valence-electron chi connectivity index (χ3n) is 3.82. The van der Waals surface area contributed by atoms with Gasteiger partial charge in [0.25, 0.3) is 10.2 Å². The van der Waals surface area contributed by atoms with Crippen molar-refractivity contribution < 1.29 is 8.42 Å². The van der Waals surface area contributed by atoms with E-state index < -0.39 is 10.2 Å². The number of hydrogen-bond acceptors (Lipinski definition) is 3. The van der Waals surface area contributed by atoms with E-state index in [1.807, 2.05) is 13.8 Å². The molecule has 1 saturated heterocycles. The van der Waals surface area contributed by atoms with Crippen LogP contribution < -0.4 is 5.32 Å². The van der Waals surface area contributed by atoms with Crippen LogP contribution >= 0.6 is 0 Å². The molecule has 1 aliphatic heterocycles. The van der Waals surface area contributed by atoms with Gasteiger partial charge in [0, 0.05) is 31.7 Å². The summed E-state index contributed by atoms with van der Waals surface area (Å²) >= 11 is 0. The third-order valence-corrected chi connectivity index (χ3v) is 5.95. The highest BCUT2D eigenvalue weighted by atomic mass is 32.2. The zero-order valence-electron chi connectivity index (χ0n) is 13.8. The maximum atomic E-state index is 12.5. The third kappa shape index (κ3) is 4.98. The van der Waals surface area contributed by atoms with Gasteiger partial charge < -0.3 is 5.32 Å². The van der Waals surface area contributed by atoms with Crippen LogP contribution in [-0.2, 0) is 10.2 Å². The molecule has 1 heterocycles. The minimum absolute atomic E-state index is 0.00641. The molecule has 0 radical (unpaired) electrons. The Kier molecular flexibility index (Phi) is 6.01. The fourth-order valence-electron chi connectivity index (χ4n) is 2.30. The second-order valence-electron chi connectivity index (χ2n) is 7.11. The molecular formula is C14H31N3O2S. The summed E-state index contributed by atoms with van der Waals surface area (Å²) in [5, 5.41) is 3.48. The zero-order chi connectivity index (χ0) is 15.6. The van der Waals surface area contributed by atoms with E-state index in [0.29, 0.717) is 19.0 Å². The molecule has 1 atom stereocenters. The first-order valence-corrected chi connectivity index (χ1v) is 8.92. The summed E-state index contributed by atoms with van der Waals surface area (Å²) in [6, 6.07) is -0.00641. The minimum Gasteiger partial charge on any atom is -0.312 e. The molecule has 6 heteroatoms. The summed E-state index contributed by atoms with van der Waals surface area (Å²) in [7, 11) is -1.65. The first-order chi connectivity index (χ1) is 9.04. The predicted molar refractivity (Wildman–Crippen MR) is 83.9 cm³/mol. The molecule has 1 rings (SSSR count). The molecule has 5 nitrogen and oxygen atoms in total. The Hall–Kier alpha value is -0.170. The lowest BCUT2D eigenvalue weighted by molar-refractivity contribution is 0.230. The molecule has 0 aromatic rings. The fourth-order valence-corrected chi connectivity index (χ4v) is 3.96. The minimum atomic E-state index is -3.31. The second-order valence-corrected chi connectivity index (χ2v) is 9.10. The number of piperidine rings is 1. The molecule has 0 aromatic carbocycles. The van der Waals surface area contributed by atoms with Crippen LogP contribution in [0.5, 0.6) is 0 Å². The maximum absolute atomic E-state index is 12.5. The van der Waals surface area contributed by atoms with Gasteiger partial charge in [-0.1, -0.05) is 0 Å². The highest BCUT2D eigenvalue weighted by molar-refractivity contribution is 7.86. The molecule has 0 aromatic heterocycles. The van der Waals surface area contributed by atoms with Crippen LogP contribution in [0.3, 0.4) is 0 Å².